The predicted molar refractivity (Wildman–Crippen MR) is 115 cm³/mol. The number of anilines is 3. The Labute approximate surface area is 177 Å². The first-order valence-electron chi connectivity index (χ1n) is 9.44. The molecular formula is C18H20BN7O3S. The number of carbonyl (C=O) groups is 1. The van der Waals surface area contributed by atoms with Crippen LogP contribution in [0.1, 0.15) is 12.0 Å². The van der Waals surface area contributed by atoms with E-state index >= 15 is 0 Å². The van der Waals surface area contributed by atoms with Crippen molar-refractivity contribution in [1.82, 2.24) is 20.4 Å². The molecule has 1 atom stereocenters. The van der Waals surface area contributed by atoms with E-state index in [2.05, 4.69) is 35.9 Å². The number of hydrogen-bond donors (Lipinski definition) is 4. The van der Waals surface area contributed by atoms with Gasteiger partial charge >= 0.3 is 7.12 Å². The van der Waals surface area contributed by atoms with Gasteiger partial charge in [-0.2, -0.15) is 5.10 Å². The highest BCUT2D eigenvalue weighted by atomic mass is 32.1. The van der Waals surface area contributed by atoms with Crippen LogP contribution in [-0.4, -0.2) is 62.6 Å². The molecule has 30 heavy (non-hydrogen) atoms. The van der Waals surface area contributed by atoms with Gasteiger partial charge in [0.1, 0.15) is 0 Å². The van der Waals surface area contributed by atoms with Crippen molar-refractivity contribution in [3.05, 3.63) is 48.2 Å². The Hall–Kier alpha value is -3.09. The molecule has 3 heterocycles. The van der Waals surface area contributed by atoms with Crippen LogP contribution < -0.4 is 21.0 Å². The maximum atomic E-state index is 12.3. The molecule has 0 aliphatic carbocycles. The van der Waals surface area contributed by atoms with Crippen molar-refractivity contribution in [2.24, 2.45) is 0 Å². The summed E-state index contributed by atoms with van der Waals surface area (Å²) in [5.41, 5.74) is 1.02. The molecule has 0 spiro atoms. The van der Waals surface area contributed by atoms with Crippen molar-refractivity contribution >= 4 is 45.9 Å². The van der Waals surface area contributed by atoms with Crippen molar-refractivity contribution in [2.75, 3.05) is 28.6 Å². The average molecular weight is 425 g/mol. The third kappa shape index (κ3) is 5.09. The van der Waals surface area contributed by atoms with E-state index in [-0.39, 0.29) is 18.4 Å². The Balaban J connectivity index is 1.29. The number of hydrogen-bond acceptors (Lipinski definition) is 10. The summed E-state index contributed by atoms with van der Waals surface area (Å²) in [5, 5.41) is 41.8. The largest absolute Gasteiger partial charge is 0.488 e. The predicted octanol–water partition coefficient (Wildman–Crippen LogP) is -0.120. The summed E-state index contributed by atoms with van der Waals surface area (Å²) in [6.45, 7) is 1.66. The van der Waals surface area contributed by atoms with E-state index in [4.69, 9.17) is 0 Å². The number of nitrogens with one attached hydrogen (secondary N) is 2. The van der Waals surface area contributed by atoms with Gasteiger partial charge in [0.15, 0.2) is 5.82 Å². The fourth-order valence-corrected chi connectivity index (χ4v) is 4.00. The van der Waals surface area contributed by atoms with Crippen LogP contribution in [0.2, 0.25) is 0 Å². The number of carbonyl (C=O) groups excluding carboxylic acids is 1. The molecule has 154 valence electrons. The molecule has 0 unspecified atom stereocenters. The number of nitrogens with zero attached hydrogens (tertiary/aromatic N) is 5. The van der Waals surface area contributed by atoms with Gasteiger partial charge in [-0.15, -0.1) is 15.3 Å². The summed E-state index contributed by atoms with van der Waals surface area (Å²) in [6.07, 6.45) is 2.68. The third-order valence-corrected chi connectivity index (χ3v) is 5.45. The zero-order valence-corrected chi connectivity index (χ0v) is 16.8. The molecule has 2 aromatic heterocycles. The topological polar surface area (TPSA) is 136 Å². The van der Waals surface area contributed by atoms with E-state index in [1.165, 1.54) is 11.3 Å². The van der Waals surface area contributed by atoms with E-state index in [9.17, 15) is 14.8 Å². The second kappa shape index (κ2) is 9.16. The maximum Gasteiger partial charge on any atom is 0.488 e. The zero-order valence-electron chi connectivity index (χ0n) is 16.0. The quantitative estimate of drug-likeness (QED) is 0.382. The lowest BCUT2D eigenvalue weighted by atomic mass is 9.79. The van der Waals surface area contributed by atoms with Gasteiger partial charge in [0.05, 0.1) is 6.42 Å². The first-order valence-corrected chi connectivity index (χ1v) is 10.3. The number of rotatable bonds is 7. The molecular weight excluding hydrogens is 405 g/mol. The van der Waals surface area contributed by atoms with Gasteiger partial charge in [0, 0.05) is 25.3 Å². The van der Waals surface area contributed by atoms with E-state index in [1.54, 1.807) is 30.5 Å². The van der Waals surface area contributed by atoms with Crippen molar-refractivity contribution in [3.8, 4) is 0 Å². The zero-order chi connectivity index (χ0) is 20.9. The van der Waals surface area contributed by atoms with Crippen LogP contribution in [-0.2, 0) is 11.2 Å². The maximum absolute atomic E-state index is 12.3. The first kappa shape index (κ1) is 20.2. The summed E-state index contributed by atoms with van der Waals surface area (Å²) in [7, 11) is -1.56. The lowest BCUT2D eigenvalue weighted by molar-refractivity contribution is -0.115. The van der Waals surface area contributed by atoms with E-state index < -0.39 is 7.12 Å². The summed E-state index contributed by atoms with van der Waals surface area (Å²) < 4.78 is 0. The minimum absolute atomic E-state index is 0.0958. The van der Waals surface area contributed by atoms with Gasteiger partial charge in [-0.05, 0) is 29.6 Å². The second-order valence-corrected chi connectivity index (χ2v) is 7.89. The molecule has 0 saturated carbocycles. The number of benzene rings is 1. The van der Waals surface area contributed by atoms with Crippen LogP contribution in [0.3, 0.4) is 0 Å². The highest BCUT2D eigenvalue weighted by Gasteiger charge is 2.24. The molecule has 4 N–H and O–H groups in total. The monoisotopic (exact) mass is 425 g/mol. The Morgan fingerprint density at radius 3 is 2.87 bits per heavy atom. The van der Waals surface area contributed by atoms with E-state index in [0.29, 0.717) is 21.3 Å². The molecule has 10 nitrogen and oxygen atoms in total. The lowest BCUT2D eigenvalue weighted by Crippen LogP contribution is -2.30. The van der Waals surface area contributed by atoms with Crippen LogP contribution in [0.5, 0.6) is 0 Å². The standard InChI is InChI=1S/C18H20BN7O3S/c27-16(10-12-3-1-4-13(9-12)19(28)29)22-18-25-24-17(30-18)21-14-6-8-26(11-14)15-5-2-7-20-23-15/h1-5,7,9,14,28-29H,6,8,10-11H2,(H,21,24)(H,22,25,27)/t14-/m1/s1. The normalized spacial score (nSPS) is 15.8. The van der Waals surface area contributed by atoms with Gasteiger partial charge in [-0.3, -0.25) is 4.79 Å². The number of aromatic nitrogens is 4. The number of amides is 1. The highest BCUT2D eigenvalue weighted by Crippen LogP contribution is 2.24. The van der Waals surface area contributed by atoms with Crippen molar-refractivity contribution in [3.63, 3.8) is 0 Å². The molecule has 1 fully saturated rings. The van der Waals surface area contributed by atoms with E-state index in [1.807, 2.05) is 12.1 Å². The van der Waals surface area contributed by atoms with Gasteiger partial charge < -0.3 is 25.6 Å². The SMILES string of the molecule is O=C(Cc1cccc(B(O)O)c1)Nc1nnc(N[C@@H]2CCN(c3cccnn3)C2)s1. The second-order valence-electron chi connectivity index (χ2n) is 6.91. The Bertz CT molecular complexity index is 1000. The molecule has 1 aliphatic rings. The fraction of sp³-hybridized carbons (Fsp3) is 0.278. The van der Waals surface area contributed by atoms with Crippen LogP contribution >= 0.6 is 11.3 Å². The fourth-order valence-electron chi connectivity index (χ4n) is 3.27. The van der Waals surface area contributed by atoms with Gasteiger partial charge in [-0.25, -0.2) is 0 Å². The minimum atomic E-state index is -1.56. The van der Waals surface area contributed by atoms with Gasteiger partial charge in [-0.1, -0.05) is 35.6 Å². The average Bonchev–Trinajstić information content (AvgIpc) is 3.38. The summed E-state index contributed by atoms with van der Waals surface area (Å²) >= 11 is 1.27. The lowest BCUT2D eigenvalue weighted by Gasteiger charge is -2.16. The van der Waals surface area contributed by atoms with Crippen LogP contribution in [0.15, 0.2) is 42.6 Å². The van der Waals surface area contributed by atoms with Crippen LogP contribution in [0.4, 0.5) is 16.1 Å². The molecule has 12 heteroatoms. The van der Waals surface area contributed by atoms with Crippen LogP contribution in [0, 0.1) is 0 Å². The van der Waals surface area contributed by atoms with Crippen molar-refractivity contribution in [1.29, 1.82) is 0 Å². The molecule has 0 radical (unpaired) electrons. The van der Waals surface area contributed by atoms with Crippen molar-refractivity contribution < 1.29 is 14.8 Å². The molecule has 0 bridgehead atoms. The first-order chi connectivity index (χ1) is 14.6. The van der Waals surface area contributed by atoms with E-state index in [0.717, 1.165) is 25.3 Å². The molecule has 4 rings (SSSR count). The minimum Gasteiger partial charge on any atom is -0.423 e. The molecule has 1 aliphatic heterocycles. The van der Waals surface area contributed by atoms with Gasteiger partial charge in [0.2, 0.25) is 16.2 Å². The van der Waals surface area contributed by atoms with Crippen LogP contribution in [0.25, 0.3) is 0 Å². The van der Waals surface area contributed by atoms with Gasteiger partial charge in [0.25, 0.3) is 0 Å². The smallest absolute Gasteiger partial charge is 0.423 e. The summed E-state index contributed by atoms with van der Waals surface area (Å²) in [4.78, 5) is 14.4. The molecule has 3 aromatic rings. The summed E-state index contributed by atoms with van der Waals surface area (Å²) in [5.74, 6) is 0.599. The van der Waals surface area contributed by atoms with Crippen molar-refractivity contribution in [2.45, 2.75) is 18.9 Å². The Kier molecular flexibility index (Phi) is 6.16. The Morgan fingerprint density at radius 2 is 2.07 bits per heavy atom. The Morgan fingerprint density at radius 1 is 1.20 bits per heavy atom. The molecule has 1 aromatic carbocycles. The molecule has 1 saturated heterocycles. The summed E-state index contributed by atoms with van der Waals surface area (Å²) in [6, 6.07) is 10.6. The highest BCUT2D eigenvalue weighted by molar-refractivity contribution is 7.19. The molecule has 1 amide bonds. The third-order valence-electron chi connectivity index (χ3n) is 4.68.